The molecule has 0 aliphatic carbocycles. The zero-order valence-electron chi connectivity index (χ0n) is 10.8. The van der Waals surface area contributed by atoms with E-state index in [0.29, 0.717) is 5.69 Å². The number of nitrogens with one attached hydrogen (secondary N) is 1. The van der Waals surface area contributed by atoms with Gasteiger partial charge in [0.2, 0.25) is 0 Å². The first kappa shape index (κ1) is 14.0. The van der Waals surface area contributed by atoms with Crippen molar-refractivity contribution in [2.45, 2.75) is 13.0 Å². The maximum Gasteiger partial charge on any atom is 0.330 e. The summed E-state index contributed by atoms with van der Waals surface area (Å²) in [6, 6.07) is 4.16. The Hall–Kier alpha value is -2.44. The second kappa shape index (κ2) is 5.68. The van der Waals surface area contributed by atoms with Crippen molar-refractivity contribution in [3.8, 4) is 0 Å². The van der Waals surface area contributed by atoms with Gasteiger partial charge in [0.25, 0.3) is 0 Å². The van der Waals surface area contributed by atoms with Crippen LogP contribution in [0.15, 0.2) is 24.3 Å². The molecule has 0 unspecified atom stereocenters. The molecule has 6 nitrogen and oxygen atoms in total. The van der Waals surface area contributed by atoms with Crippen LogP contribution in [0.2, 0.25) is 0 Å². The summed E-state index contributed by atoms with van der Waals surface area (Å²) in [7, 11) is 0. The van der Waals surface area contributed by atoms with E-state index in [1.54, 1.807) is 6.92 Å². The van der Waals surface area contributed by atoms with Gasteiger partial charge in [0.1, 0.15) is 11.9 Å². The summed E-state index contributed by atoms with van der Waals surface area (Å²) < 4.78 is 17.7. The van der Waals surface area contributed by atoms with Gasteiger partial charge < -0.3 is 15.0 Å². The molecule has 0 bridgehead atoms. The number of esters is 1. The number of carbonyl (C=O) groups excluding carboxylic acids is 3. The van der Waals surface area contributed by atoms with Crippen LogP contribution in [0.3, 0.4) is 0 Å². The molecule has 1 aliphatic rings. The van der Waals surface area contributed by atoms with Crippen LogP contribution in [0.1, 0.15) is 6.92 Å². The third-order valence-corrected chi connectivity index (χ3v) is 2.82. The number of anilines is 1. The van der Waals surface area contributed by atoms with Gasteiger partial charge in [-0.1, -0.05) is 0 Å². The van der Waals surface area contributed by atoms with Crippen molar-refractivity contribution >= 4 is 23.5 Å². The van der Waals surface area contributed by atoms with E-state index in [-0.39, 0.29) is 13.2 Å². The van der Waals surface area contributed by atoms with E-state index in [2.05, 4.69) is 5.32 Å². The Bertz CT molecular complexity index is 544. The molecule has 106 valence electrons. The van der Waals surface area contributed by atoms with Crippen LogP contribution in [0.25, 0.3) is 0 Å². The van der Waals surface area contributed by atoms with E-state index in [1.165, 1.54) is 24.3 Å². The summed E-state index contributed by atoms with van der Waals surface area (Å²) in [6.07, 6.45) is 0. The quantitative estimate of drug-likeness (QED) is 0.635. The predicted octanol–water partition coefficient (Wildman–Crippen LogP) is 0.220. The molecule has 7 heteroatoms. The van der Waals surface area contributed by atoms with E-state index in [4.69, 9.17) is 4.74 Å². The van der Waals surface area contributed by atoms with E-state index in [1.807, 2.05) is 0 Å². The Morgan fingerprint density at radius 1 is 1.40 bits per heavy atom. The van der Waals surface area contributed by atoms with E-state index >= 15 is 0 Å². The minimum absolute atomic E-state index is 0.0466. The normalized spacial score (nSPS) is 18.7. The van der Waals surface area contributed by atoms with Gasteiger partial charge in [0.05, 0.1) is 13.2 Å². The number of amides is 2. The minimum Gasteiger partial charge on any atom is -0.464 e. The van der Waals surface area contributed by atoms with Crippen LogP contribution < -0.4 is 10.2 Å². The first-order valence-corrected chi connectivity index (χ1v) is 6.07. The van der Waals surface area contributed by atoms with Gasteiger partial charge in [-0.3, -0.25) is 9.59 Å². The fourth-order valence-electron chi connectivity index (χ4n) is 1.87. The molecule has 2 rings (SSSR count). The molecule has 1 saturated heterocycles. The lowest BCUT2D eigenvalue weighted by molar-refractivity contribution is -0.149. The molecule has 1 fully saturated rings. The van der Waals surface area contributed by atoms with Gasteiger partial charge in [-0.2, -0.15) is 0 Å². The standard InChI is InChI=1S/C13H13FN2O4/c1-2-20-13(19)10-7-16(12(18)11(17)15-10)9-5-3-8(14)4-6-9/h3-6,10H,2,7H2,1H3,(H,15,17)/t10-/m1/s1. The van der Waals surface area contributed by atoms with E-state index in [9.17, 15) is 18.8 Å². The van der Waals surface area contributed by atoms with Crippen LogP contribution in [-0.2, 0) is 19.1 Å². The van der Waals surface area contributed by atoms with Crippen LogP contribution in [0, 0.1) is 5.82 Å². The molecule has 20 heavy (non-hydrogen) atoms. The number of ether oxygens (including phenoxy) is 1. The second-order valence-corrected chi connectivity index (χ2v) is 4.17. The van der Waals surface area contributed by atoms with E-state index in [0.717, 1.165) is 4.90 Å². The molecular weight excluding hydrogens is 267 g/mol. The van der Waals surface area contributed by atoms with Gasteiger partial charge in [-0.15, -0.1) is 0 Å². The predicted molar refractivity (Wildman–Crippen MR) is 67.3 cm³/mol. The number of carbonyl (C=O) groups is 3. The fourth-order valence-corrected chi connectivity index (χ4v) is 1.87. The van der Waals surface area contributed by atoms with Gasteiger partial charge >= 0.3 is 17.8 Å². The van der Waals surface area contributed by atoms with Crippen molar-refractivity contribution in [1.29, 1.82) is 0 Å². The number of piperazine rings is 1. The third-order valence-electron chi connectivity index (χ3n) is 2.82. The highest BCUT2D eigenvalue weighted by Gasteiger charge is 2.37. The minimum atomic E-state index is -0.926. The van der Waals surface area contributed by atoms with E-state index < -0.39 is 29.6 Å². The zero-order valence-corrected chi connectivity index (χ0v) is 10.8. The lowest BCUT2D eigenvalue weighted by Crippen LogP contribution is -2.60. The number of hydrogen-bond acceptors (Lipinski definition) is 4. The lowest BCUT2D eigenvalue weighted by atomic mass is 10.1. The largest absolute Gasteiger partial charge is 0.464 e. The Kier molecular flexibility index (Phi) is 3.97. The average molecular weight is 280 g/mol. The number of nitrogens with zero attached hydrogens (tertiary/aromatic N) is 1. The number of hydrogen-bond donors (Lipinski definition) is 1. The highest BCUT2D eigenvalue weighted by atomic mass is 19.1. The van der Waals surface area contributed by atoms with Crippen molar-refractivity contribution in [2.75, 3.05) is 18.1 Å². The molecule has 1 aliphatic heterocycles. The average Bonchev–Trinajstić information content (AvgIpc) is 2.43. The van der Waals surface area contributed by atoms with Gasteiger partial charge in [0, 0.05) is 5.69 Å². The van der Waals surface area contributed by atoms with Gasteiger partial charge in [-0.05, 0) is 31.2 Å². The molecule has 0 aromatic heterocycles. The maximum atomic E-state index is 12.9. The first-order valence-electron chi connectivity index (χ1n) is 6.07. The van der Waals surface area contributed by atoms with Crippen molar-refractivity contribution in [3.05, 3.63) is 30.1 Å². The van der Waals surface area contributed by atoms with Crippen LogP contribution in [0.5, 0.6) is 0 Å². The number of benzene rings is 1. The molecule has 1 aromatic carbocycles. The smallest absolute Gasteiger partial charge is 0.330 e. The Balaban J connectivity index is 2.22. The van der Waals surface area contributed by atoms with Crippen molar-refractivity contribution in [1.82, 2.24) is 5.32 Å². The van der Waals surface area contributed by atoms with Gasteiger partial charge in [-0.25, -0.2) is 9.18 Å². The van der Waals surface area contributed by atoms with Gasteiger partial charge in [0.15, 0.2) is 0 Å². The molecule has 1 heterocycles. The van der Waals surface area contributed by atoms with Crippen LogP contribution in [0.4, 0.5) is 10.1 Å². The Labute approximate surface area is 114 Å². The number of halogens is 1. The van der Waals surface area contributed by atoms with Crippen LogP contribution in [-0.4, -0.2) is 37.0 Å². The second-order valence-electron chi connectivity index (χ2n) is 4.17. The first-order chi connectivity index (χ1) is 9.52. The van der Waals surface area contributed by atoms with Crippen LogP contribution >= 0.6 is 0 Å². The molecule has 2 amide bonds. The number of rotatable bonds is 3. The summed E-state index contributed by atoms with van der Waals surface area (Å²) in [5.74, 6) is -2.75. The summed E-state index contributed by atoms with van der Waals surface area (Å²) in [5, 5.41) is 2.28. The van der Waals surface area contributed by atoms with Crippen molar-refractivity contribution in [2.24, 2.45) is 0 Å². The Morgan fingerprint density at radius 2 is 2.05 bits per heavy atom. The molecule has 1 aromatic rings. The lowest BCUT2D eigenvalue weighted by Gasteiger charge is -2.31. The summed E-state index contributed by atoms with van der Waals surface area (Å²) >= 11 is 0. The SMILES string of the molecule is CCOC(=O)[C@H]1CN(c2ccc(F)cc2)C(=O)C(=O)N1. The molecule has 0 spiro atoms. The van der Waals surface area contributed by atoms with Crippen molar-refractivity contribution in [3.63, 3.8) is 0 Å². The molecule has 1 atom stereocenters. The highest BCUT2D eigenvalue weighted by molar-refractivity contribution is 6.41. The third kappa shape index (κ3) is 2.76. The maximum absolute atomic E-state index is 12.9. The topological polar surface area (TPSA) is 75.7 Å². The fraction of sp³-hybridized carbons (Fsp3) is 0.308. The zero-order chi connectivity index (χ0) is 14.7. The molecular formula is C13H13FN2O4. The molecule has 0 radical (unpaired) electrons. The monoisotopic (exact) mass is 280 g/mol. The highest BCUT2D eigenvalue weighted by Crippen LogP contribution is 2.18. The summed E-state index contributed by atoms with van der Waals surface area (Å²) in [4.78, 5) is 36.2. The van der Waals surface area contributed by atoms with Crippen molar-refractivity contribution < 1.29 is 23.5 Å². The Morgan fingerprint density at radius 3 is 2.65 bits per heavy atom. The molecule has 1 N–H and O–H groups in total. The summed E-state index contributed by atoms with van der Waals surface area (Å²) in [5.41, 5.74) is 0.348. The molecule has 0 saturated carbocycles. The summed E-state index contributed by atoms with van der Waals surface area (Å²) in [6.45, 7) is 1.77.